The summed E-state index contributed by atoms with van der Waals surface area (Å²) in [5.41, 5.74) is 5.15. The topological polar surface area (TPSA) is 92.8 Å². The molecular formula is C22H39NO4. The van der Waals surface area contributed by atoms with E-state index in [1.807, 2.05) is 6.92 Å². The van der Waals surface area contributed by atoms with Gasteiger partial charge in [-0.15, -0.1) is 0 Å². The van der Waals surface area contributed by atoms with Gasteiger partial charge in [0.15, 0.2) is 0 Å². The molecular weight excluding hydrogens is 342 g/mol. The average Bonchev–Trinajstić information content (AvgIpc) is 2.92. The van der Waals surface area contributed by atoms with Gasteiger partial charge in [-0.1, -0.05) is 37.1 Å². The molecule has 1 fully saturated rings. The van der Waals surface area contributed by atoms with Crippen LogP contribution in [0.2, 0.25) is 0 Å². The van der Waals surface area contributed by atoms with E-state index in [0.717, 1.165) is 51.4 Å². The number of nitrogens with two attached hydrogens (primary N) is 1. The summed E-state index contributed by atoms with van der Waals surface area (Å²) >= 11 is 0. The molecule has 0 aliphatic heterocycles. The van der Waals surface area contributed by atoms with E-state index in [2.05, 4.69) is 24.3 Å². The number of ether oxygens (including phenoxy) is 1. The molecule has 0 radical (unpaired) electrons. The lowest BCUT2D eigenvalue weighted by Crippen LogP contribution is -2.21. The van der Waals surface area contributed by atoms with Gasteiger partial charge in [-0.3, -0.25) is 4.79 Å². The van der Waals surface area contributed by atoms with Crippen LogP contribution in [0.3, 0.4) is 0 Å². The Morgan fingerprint density at radius 2 is 1.85 bits per heavy atom. The highest BCUT2D eigenvalue weighted by Crippen LogP contribution is 2.38. The molecule has 4 atom stereocenters. The summed E-state index contributed by atoms with van der Waals surface area (Å²) in [5, 5.41) is 19.3. The van der Waals surface area contributed by atoms with Crippen LogP contribution in [-0.2, 0) is 9.53 Å². The lowest BCUT2D eigenvalue weighted by atomic mass is 9.89. The number of allylic oxidation sites excluding steroid dienone is 3. The summed E-state index contributed by atoms with van der Waals surface area (Å²) in [5.74, 6) is 0.169. The third kappa shape index (κ3) is 10.1. The minimum atomic E-state index is -0.337. The van der Waals surface area contributed by atoms with Crippen molar-refractivity contribution in [2.75, 3.05) is 13.2 Å². The number of amides is 1. The van der Waals surface area contributed by atoms with Crippen LogP contribution in [0, 0.1) is 11.8 Å². The first-order valence-electron chi connectivity index (χ1n) is 10.6. The third-order valence-corrected chi connectivity index (χ3v) is 5.28. The van der Waals surface area contributed by atoms with Gasteiger partial charge in [0.25, 0.3) is 0 Å². The zero-order valence-corrected chi connectivity index (χ0v) is 16.9. The minimum absolute atomic E-state index is 0.0869. The monoisotopic (exact) mass is 381 g/mol. The van der Waals surface area contributed by atoms with Crippen LogP contribution in [0.1, 0.15) is 71.1 Å². The Bertz CT molecular complexity index is 450. The maximum Gasteiger partial charge on any atom is 0.217 e. The van der Waals surface area contributed by atoms with Gasteiger partial charge < -0.3 is 20.7 Å². The summed E-state index contributed by atoms with van der Waals surface area (Å²) < 4.78 is 5.88. The summed E-state index contributed by atoms with van der Waals surface area (Å²) in [6, 6.07) is 0. The van der Waals surface area contributed by atoms with E-state index in [1.54, 1.807) is 0 Å². The first-order chi connectivity index (χ1) is 13.1. The highest BCUT2D eigenvalue weighted by atomic mass is 16.5. The lowest BCUT2D eigenvalue weighted by Gasteiger charge is -2.21. The standard InChI is InChI=1S/C22H39NO4/c1-2-27-21-17-20(25)18(13-9-6-7-11-15-22(23)26)19(21)14-10-5-3-4-8-12-16-24/h6,9-10,14,18-21,24-25H,2-5,7-8,11-13,15-17H2,1H3,(H2,23,26)/b9-6-,14-10+/t18?,19-,20+,21-/m1/s1. The molecule has 0 spiro atoms. The predicted octanol–water partition coefficient (Wildman–Crippen LogP) is 3.49. The lowest BCUT2D eigenvalue weighted by molar-refractivity contribution is -0.118. The van der Waals surface area contributed by atoms with Crippen LogP contribution < -0.4 is 5.73 Å². The molecule has 27 heavy (non-hydrogen) atoms. The van der Waals surface area contributed by atoms with Crippen molar-refractivity contribution < 1.29 is 19.7 Å². The number of rotatable bonds is 15. The highest BCUT2D eigenvalue weighted by Gasteiger charge is 2.40. The van der Waals surface area contributed by atoms with Gasteiger partial charge in [-0.05, 0) is 51.4 Å². The summed E-state index contributed by atoms with van der Waals surface area (Å²) in [6.45, 7) is 2.95. The molecule has 1 unspecified atom stereocenters. The second-order valence-electron chi connectivity index (χ2n) is 7.46. The number of hydrogen-bond donors (Lipinski definition) is 3. The van der Waals surface area contributed by atoms with Crippen molar-refractivity contribution in [2.24, 2.45) is 17.6 Å². The maximum atomic E-state index is 10.8. The first-order valence-corrected chi connectivity index (χ1v) is 10.6. The molecule has 1 saturated carbocycles. The minimum Gasteiger partial charge on any atom is -0.396 e. The molecule has 0 aromatic heterocycles. The average molecular weight is 382 g/mol. The maximum absolute atomic E-state index is 10.8. The van der Waals surface area contributed by atoms with Gasteiger partial charge in [-0.25, -0.2) is 0 Å². The van der Waals surface area contributed by atoms with E-state index in [0.29, 0.717) is 19.4 Å². The van der Waals surface area contributed by atoms with Crippen molar-refractivity contribution >= 4 is 5.91 Å². The van der Waals surface area contributed by atoms with Gasteiger partial charge in [0.2, 0.25) is 5.91 Å². The number of carbonyl (C=O) groups is 1. The van der Waals surface area contributed by atoms with Gasteiger partial charge in [0, 0.05) is 32.0 Å². The summed E-state index contributed by atoms with van der Waals surface area (Å²) in [6.07, 6.45) is 17.3. The highest BCUT2D eigenvalue weighted by molar-refractivity contribution is 5.73. The van der Waals surface area contributed by atoms with E-state index in [4.69, 9.17) is 15.6 Å². The summed E-state index contributed by atoms with van der Waals surface area (Å²) in [4.78, 5) is 10.8. The van der Waals surface area contributed by atoms with Crippen LogP contribution in [0.5, 0.6) is 0 Å². The van der Waals surface area contributed by atoms with Crippen molar-refractivity contribution in [1.82, 2.24) is 0 Å². The number of unbranched alkanes of at least 4 members (excludes halogenated alkanes) is 5. The zero-order valence-electron chi connectivity index (χ0n) is 16.9. The largest absolute Gasteiger partial charge is 0.396 e. The van der Waals surface area contributed by atoms with Crippen LogP contribution >= 0.6 is 0 Å². The molecule has 0 aromatic carbocycles. The Hall–Kier alpha value is -1.17. The normalized spacial score (nSPS) is 25.7. The van der Waals surface area contributed by atoms with Crippen molar-refractivity contribution in [3.05, 3.63) is 24.3 Å². The van der Waals surface area contributed by atoms with Crippen LogP contribution in [-0.4, -0.2) is 41.5 Å². The number of aliphatic hydroxyl groups is 2. The molecule has 0 aromatic rings. The number of primary amides is 1. The van der Waals surface area contributed by atoms with E-state index in [9.17, 15) is 9.90 Å². The molecule has 5 heteroatoms. The molecule has 1 rings (SSSR count). The van der Waals surface area contributed by atoms with E-state index < -0.39 is 0 Å². The zero-order chi connectivity index (χ0) is 19.9. The molecule has 0 heterocycles. The molecule has 5 nitrogen and oxygen atoms in total. The first kappa shape index (κ1) is 23.9. The van der Waals surface area contributed by atoms with Crippen molar-refractivity contribution in [3.63, 3.8) is 0 Å². The SMILES string of the molecule is CCO[C@@H]1C[C@H](O)C(C/C=C\CCCC(N)=O)[C@H]1/C=C/CCCCCCO. The van der Waals surface area contributed by atoms with Gasteiger partial charge in [0.1, 0.15) is 0 Å². The quantitative estimate of drug-likeness (QED) is 0.299. The van der Waals surface area contributed by atoms with E-state index in [1.165, 1.54) is 0 Å². The van der Waals surface area contributed by atoms with Crippen LogP contribution in [0.15, 0.2) is 24.3 Å². The van der Waals surface area contributed by atoms with E-state index >= 15 is 0 Å². The predicted molar refractivity (Wildman–Crippen MR) is 109 cm³/mol. The Balaban J connectivity index is 2.48. The Kier molecular flexibility index (Phi) is 13.1. The second-order valence-corrected chi connectivity index (χ2v) is 7.46. The fraction of sp³-hybridized carbons (Fsp3) is 0.773. The fourth-order valence-electron chi connectivity index (χ4n) is 3.82. The van der Waals surface area contributed by atoms with Gasteiger partial charge in [0.05, 0.1) is 12.2 Å². The van der Waals surface area contributed by atoms with Crippen molar-refractivity contribution in [3.8, 4) is 0 Å². The Morgan fingerprint density at radius 3 is 2.56 bits per heavy atom. The number of carbonyl (C=O) groups excluding carboxylic acids is 1. The summed E-state index contributed by atoms with van der Waals surface area (Å²) in [7, 11) is 0. The van der Waals surface area contributed by atoms with Gasteiger partial charge >= 0.3 is 0 Å². The Morgan fingerprint density at radius 1 is 1.11 bits per heavy atom. The number of aliphatic hydroxyl groups excluding tert-OH is 2. The third-order valence-electron chi connectivity index (χ3n) is 5.28. The van der Waals surface area contributed by atoms with Crippen LogP contribution in [0.4, 0.5) is 0 Å². The number of hydrogen-bond acceptors (Lipinski definition) is 4. The van der Waals surface area contributed by atoms with Crippen LogP contribution in [0.25, 0.3) is 0 Å². The van der Waals surface area contributed by atoms with Gasteiger partial charge in [-0.2, -0.15) is 0 Å². The fourth-order valence-corrected chi connectivity index (χ4v) is 3.82. The van der Waals surface area contributed by atoms with Crippen molar-refractivity contribution in [2.45, 2.75) is 83.3 Å². The molecule has 0 saturated heterocycles. The van der Waals surface area contributed by atoms with Crippen molar-refractivity contribution in [1.29, 1.82) is 0 Å². The second kappa shape index (κ2) is 14.8. The van der Waals surface area contributed by atoms with E-state index in [-0.39, 0.29) is 36.6 Å². The smallest absolute Gasteiger partial charge is 0.217 e. The molecule has 156 valence electrons. The Labute approximate surface area is 164 Å². The molecule has 4 N–H and O–H groups in total. The molecule has 1 amide bonds. The molecule has 1 aliphatic rings. The molecule has 0 bridgehead atoms. The molecule has 1 aliphatic carbocycles.